The molecule has 2 saturated heterocycles. The van der Waals surface area contributed by atoms with Gasteiger partial charge < -0.3 is 30.6 Å². The second-order valence-electron chi connectivity index (χ2n) is 14.6. The zero-order chi connectivity index (χ0) is 40.6. The summed E-state index contributed by atoms with van der Waals surface area (Å²) < 4.78 is 3.57. The van der Waals surface area contributed by atoms with E-state index in [1.807, 2.05) is 31.0 Å². The van der Waals surface area contributed by atoms with Crippen LogP contribution < -0.4 is 20.4 Å². The molecule has 4 N–H and O–H groups in total. The summed E-state index contributed by atoms with van der Waals surface area (Å²) in [6.45, 7) is 7.05. The van der Waals surface area contributed by atoms with Crippen molar-refractivity contribution in [1.29, 1.82) is 0 Å². The quantitative estimate of drug-likeness (QED) is 0.120. The SMILES string of the molecule is CCn1cc(-c2cnc(-c3nc4sc(N(C)C5CCNCC5)nc4s3)c(O)c2)cn1.CN(c1nc2sc(-c3ncc(-c4cnn(C)c4)cc3O)nc2s1)C1CCNCC1. The Morgan fingerprint density at radius 1 is 0.627 bits per heavy atom. The molecule has 306 valence electrons. The molecule has 0 spiro atoms. The lowest BCUT2D eigenvalue weighted by Crippen LogP contribution is -2.41. The van der Waals surface area contributed by atoms with Crippen molar-refractivity contribution in [2.75, 3.05) is 50.1 Å². The molecular weight excluding hydrogens is 825 g/mol. The molecule has 0 saturated carbocycles. The smallest absolute Gasteiger partial charge is 0.188 e. The molecule has 2 fully saturated rings. The first-order valence-electron chi connectivity index (χ1n) is 19.5. The van der Waals surface area contributed by atoms with Crippen LogP contribution in [0.25, 0.3) is 63.0 Å². The first-order valence-corrected chi connectivity index (χ1v) is 22.8. The van der Waals surface area contributed by atoms with E-state index in [1.165, 1.54) is 22.7 Å². The molecule has 0 radical (unpaired) electrons. The van der Waals surface area contributed by atoms with Crippen LogP contribution in [-0.2, 0) is 13.6 Å². The van der Waals surface area contributed by atoms with Gasteiger partial charge in [0.25, 0.3) is 0 Å². The fourth-order valence-electron chi connectivity index (χ4n) is 7.27. The fraction of sp³-hybridized carbons (Fsp3) is 0.385. The molecule has 20 heteroatoms. The van der Waals surface area contributed by atoms with E-state index in [9.17, 15) is 10.2 Å². The van der Waals surface area contributed by atoms with Crippen LogP contribution >= 0.6 is 45.3 Å². The summed E-state index contributed by atoms with van der Waals surface area (Å²) in [6, 6.07) is 4.46. The average Bonchev–Trinajstić information content (AvgIpc) is 4.12. The predicted octanol–water partition coefficient (Wildman–Crippen LogP) is 6.70. The number of nitrogens with zero attached hydrogens (tertiary/aromatic N) is 12. The van der Waals surface area contributed by atoms with Gasteiger partial charge in [0.2, 0.25) is 0 Å². The lowest BCUT2D eigenvalue weighted by Gasteiger charge is -2.31. The van der Waals surface area contributed by atoms with Crippen molar-refractivity contribution in [2.45, 2.75) is 51.2 Å². The van der Waals surface area contributed by atoms with Crippen LogP contribution in [0.5, 0.6) is 11.5 Å². The van der Waals surface area contributed by atoms with Gasteiger partial charge in [0.05, 0.1) is 12.4 Å². The Morgan fingerprint density at radius 2 is 1.08 bits per heavy atom. The number of hydrogen-bond acceptors (Lipinski definition) is 18. The second-order valence-corrected chi connectivity index (χ2v) is 18.5. The molecule has 0 unspecified atom stereocenters. The summed E-state index contributed by atoms with van der Waals surface area (Å²) in [7, 11) is 6.09. The van der Waals surface area contributed by atoms with E-state index < -0.39 is 0 Å². The van der Waals surface area contributed by atoms with Crippen molar-refractivity contribution < 1.29 is 10.2 Å². The van der Waals surface area contributed by atoms with Gasteiger partial charge in [-0.15, -0.1) is 0 Å². The van der Waals surface area contributed by atoms with Crippen LogP contribution in [-0.4, -0.2) is 112 Å². The minimum atomic E-state index is 0.111. The highest BCUT2D eigenvalue weighted by Gasteiger charge is 2.25. The van der Waals surface area contributed by atoms with E-state index in [1.54, 1.807) is 64.3 Å². The lowest BCUT2D eigenvalue weighted by atomic mass is 10.1. The van der Waals surface area contributed by atoms with Crippen molar-refractivity contribution in [3.05, 3.63) is 49.3 Å². The molecule has 10 heterocycles. The molecule has 0 aliphatic carbocycles. The Kier molecular flexibility index (Phi) is 11.2. The van der Waals surface area contributed by atoms with Crippen molar-refractivity contribution in [3.63, 3.8) is 0 Å². The van der Waals surface area contributed by atoms with E-state index in [2.05, 4.69) is 54.7 Å². The van der Waals surface area contributed by atoms with Crippen LogP contribution in [0.4, 0.5) is 10.3 Å². The number of anilines is 2. The molecule has 2 aliphatic rings. The van der Waals surface area contributed by atoms with E-state index in [4.69, 9.17) is 19.9 Å². The first-order chi connectivity index (χ1) is 28.7. The number of thiazole rings is 4. The van der Waals surface area contributed by atoms with Crippen molar-refractivity contribution >= 4 is 74.9 Å². The van der Waals surface area contributed by atoms with E-state index in [0.717, 1.165) is 110 Å². The molecule has 10 rings (SSSR count). The number of aryl methyl sites for hydroxylation is 2. The standard InChI is InChI=1S/C20H23N7OS2.C19H21N7OS2/c1-3-27-11-13(10-23-27)12-8-15(28)16(22-9-12)17-24-18-19(29-17)25-20(30-18)26(2)14-4-6-21-7-5-14;1-25-10-12(9-22-25)11-7-14(27)15(21-8-11)16-23-17-18(28-16)24-19(29-17)26(2)13-3-5-20-6-4-13/h8-11,14,21,28H,3-7H2,1-2H3;7-10,13,20,27H,3-6H2,1-2H3. The van der Waals surface area contributed by atoms with Gasteiger partial charge in [-0.05, 0) is 70.9 Å². The first kappa shape index (κ1) is 39.3. The Bertz CT molecular complexity index is 2640. The van der Waals surface area contributed by atoms with Gasteiger partial charge in [-0.25, -0.2) is 29.9 Å². The summed E-state index contributed by atoms with van der Waals surface area (Å²) >= 11 is 6.13. The minimum Gasteiger partial charge on any atom is -0.506 e. The van der Waals surface area contributed by atoms with Crippen molar-refractivity contribution in [2.24, 2.45) is 7.05 Å². The van der Waals surface area contributed by atoms with Crippen molar-refractivity contribution in [3.8, 4) is 55.2 Å². The van der Waals surface area contributed by atoms with Gasteiger partial charge in [-0.1, -0.05) is 45.3 Å². The fourth-order valence-corrected chi connectivity index (χ4v) is 11.4. The number of pyridine rings is 2. The summed E-state index contributed by atoms with van der Waals surface area (Å²) in [5.41, 5.74) is 4.47. The largest absolute Gasteiger partial charge is 0.506 e. The van der Waals surface area contributed by atoms with Crippen LogP contribution in [0, 0.1) is 0 Å². The van der Waals surface area contributed by atoms with E-state index >= 15 is 0 Å². The second kappa shape index (κ2) is 16.9. The summed E-state index contributed by atoms with van der Waals surface area (Å²) in [4.78, 5) is 36.0. The van der Waals surface area contributed by atoms with Crippen LogP contribution in [0.1, 0.15) is 32.6 Å². The van der Waals surface area contributed by atoms with Gasteiger partial charge in [-0.3, -0.25) is 9.36 Å². The summed E-state index contributed by atoms with van der Waals surface area (Å²) in [5.74, 6) is 0.227. The number of rotatable bonds is 9. The lowest BCUT2D eigenvalue weighted by molar-refractivity contribution is 0.443. The summed E-state index contributed by atoms with van der Waals surface area (Å²) in [6.07, 6.45) is 15.4. The summed E-state index contributed by atoms with van der Waals surface area (Å²) in [5, 5.41) is 39.8. The van der Waals surface area contributed by atoms with E-state index in [0.29, 0.717) is 33.5 Å². The Balaban J connectivity index is 0.000000152. The molecule has 0 bridgehead atoms. The van der Waals surface area contributed by atoms with Gasteiger partial charge in [0.15, 0.2) is 29.6 Å². The number of hydrogen-bond donors (Lipinski definition) is 4. The molecule has 16 nitrogen and oxygen atoms in total. The topological polar surface area (TPSA) is 184 Å². The molecule has 0 atom stereocenters. The zero-order valence-electron chi connectivity index (χ0n) is 33.0. The molecule has 0 aromatic carbocycles. The highest BCUT2D eigenvalue weighted by Crippen LogP contribution is 2.41. The number of nitrogens with one attached hydrogen (secondary N) is 2. The zero-order valence-corrected chi connectivity index (χ0v) is 36.3. The van der Waals surface area contributed by atoms with Gasteiger partial charge in [-0.2, -0.15) is 10.2 Å². The molecule has 0 amide bonds. The highest BCUT2D eigenvalue weighted by molar-refractivity contribution is 7.30. The van der Waals surface area contributed by atoms with Gasteiger partial charge >= 0.3 is 0 Å². The predicted molar refractivity (Wildman–Crippen MR) is 238 cm³/mol. The number of aromatic nitrogens is 10. The maximum atomic E-state index is 10.6. The molecule has 8 aromatic rings. The normalized spacial score (nSPS) is 15.2. The Labute approximate surface area is 356 Å². The van der Waals surface area contributed by atoms with Crippen LogP contribution in [0.15, 0.2) is 49.3 Å². The highest BCUT2D eigenvalue weighted by atomic mass is 32.1. The van der Waals surface area contributed by atoms with Crippen molar-refractivity contribution in [1.82, 2.24) is 60.1 Å². The van der Waals surface area contributed by atoms with Crippen LogP contribution in [0.3, 0.4) is 0 Å². The molecule has 2 aliphatic heterocycles. The van der Waals surface area contributed by atoms with Gasteiger partial charge in [0, 0.05) is 86.8 Å². The van der Waals surface area contributed by atoms with Gasteiger partial charge in [0.1, 0.15) is 32.9 Å². The third kappa shape index (κ3) is 8.24. The third-order valence-corrected chi connectivity index (χ3v) is 15.0. The monoisotopic (exact) mass is 868 g/mol. The third-order valence-electron chi connectivity index (χ3n) is 10.7. The number of aromatic hydroxyl groups is 2. The number of fused-ring (bicyclic) bond motifs is 2. The molecule has 8 aromatic heterocycles. The molecular formula is C39H44N14O2S4. The minimum absolute atomic E-state index is 0.111. The maximum Gasteiger partial charge on any atom is 0.188 e. The molecule has 59 heavy (non-hydrogen) atoms. The Hall–Kier alpha value is -5.12. The average molecular weight is 869 g/mol. The van der Waals surface area contributed by atoms with Crippen LogP contribution in [0.2, 0.25) is 0 Å². The van der Waals surface area contributed by atoms with E-state index in [-0.39, 0.29) is 11.5 Å². The number of piperidine rings is 2. The Morgan fingerprint density at radius 3 is 1.49 bits per heavy atom. The maximum absolute atomic E-state index is 10.6.